The third kappa shape index (κ3) is 9.43. The molecule has 7 heteroatoms. The van der Waals surface area contributed by atoms with E-state index < -0.39 is 0 Å². The first-order chi connectivity index (χ1) is 14.4. The molecule has 0 amide bonds. The van der Waals surface area contributed by atoms with Crippen LogP contribution in [0.15, 0.2) is 58.4 Å². The van der Waals surface area contributed by atoms with E-state index in [9.17, 15) is 4.79 Å². The summed E-state index contributed by atoms with van der Waals surface area (Å²) in [6.07, 6.45) is 2.89. The predicted octanol–water partition coefficient (Wildman–Crippen LogP) is 3.69. The highest BCUT2D eigenvalue weighted by atomic mass is 127. The van der Waals surface area contributed by atoms with Gasteiger partial charge < -0.3 is 15.2 Å². The number of rotatable bonds is 10. The number of pyridine rings is 1. The van der Waals surface area contributed by atoms with Crippen LogP contribution in [0.2, 0.25) is 0 Å². The summed E-state index contributed by atoms with van der Waals surface area (Å²) in [6.45, 7) is 12.2. The average molecular weight is 540 g/mol. The molecule has 0 saturated heterocycles. The summed E-state index contributed by atoms with van der Waals surface area (Å²) in [5.74, 6) is 0.815. The average Bonchev–Trinajstić information content (AvgIpc) is 2.72. The van der Waals surface area contributed by atoms with E-state index in [1.54, 1.807) is 23.7 Å². The zero-order valence-electron chi connectivity index (χ0n) is 19.5. The van der Waals surface area contributed by atoms with Crippen LogP contribution in [0.25, 0.3) is 0 Å². The van der Waals surface area contributed by atoms with Crippen LogP contribution in [0.4, 0.5) is 0 Å². The second-order valence-electron chi connectivity index (χ2n) is 8.11. The Hall–Kier alpha value is -1.87. The molecule has 0 spiro atoms. The molecular weight excluding hydrogens is 501 g/mol. The number of hydrogen-bond acceptors (Lipinski definition) is 3. The topological polar surface area (TPSA) is 61.7 Å². The summed E-state index contributed by atoms with van der Waals surface area (Å²) in [5, 5.41) is 6.77. The normalized spacial score (nSPS) is 11.7. The van der Waals surface area contributed by atoms with Crippen LogP contribution in [0, 0.1) is 0 Å². The standard InChI is InChI=1S/C24H37N5O.HI/c1-19(2)29(20(3)4)16-8-14-26-24(25-5)27-17-21-10-12-22(13-11-21)18-28-15-7-6-9-23(28)30;/h6-7,9-13,15,19-20H,8,14,16-18H2,1-5H3,(H2,25,26,27);1H. The van der Waals surface area contributed by atoms with Gasteiger partial charge in [0.2, 0.25) is 0 Å². The Morgan fingerprint density at radius 1 is 1.00 bits per heavy atom. The number of aliphatic imine (C=N–C) groups is 1. The van der Waals surface area contributed by atoms with Crippen molar-refractivity contribution in [3.63, 3.8) is 0 Å². The van der Waals surface area contributed by atoms with E-state index in [2.05, 4.69) is 72.5 Å². The van der Waals surface area contributed by atoms with Crippen LogP contribution in [0.5, 0.6) is 0 Å². The lowest BCUT2D eigenvalue weighted by atomic mass is 10.1. The molecule has 1 aromatic carbocycles. The van der Waals surface area contributed by atoms with E-state index in [0.29, 0.717) is 25.2 Å². The van der Waals surface area contributed by atoms with Crippen molar-refractivity contribution in [3.8, 4) is 0 Å². The van der Waals surface area contributed by atoms with Crippen LogP contribution >= 0.6 is 24.0 Å². The molecule has 0 aliphatic rings. The van der Waals surface area contributed by atoms with Crippen molar-refractivity contribution in [1.82, 2.24) is 20.1 Å². The molecule has 0 atom stereocenters. The van der Waals surface area contributed by atoms with E-state index in [-0.39, 0.29) is 29.5 Å². The second kappa shape index (κ2) is 14.2. The molecule has 0 bridgehead atoms. The zero-order valence-corrected chi connectivity index (χ0v) is 21.8. The monoisotopic (exact) mass is 539 g/mol. The fourth-order valence-electron chi connectivity index (χ4n) is 3.54. The molecule has 1 heterocycles. The highest BCUT2D eigenvalue weighted by molar-refractivity contribution is 14.0. The van der Waals surface area contributed by atoms with Gasteiger partial charge in [-0.2, -0.15) is 0 Å². The first kappa shape index (κ1) is 27.2. The van der Waals surface area contributed by atoms with Gasteiger partial charge in [-0.1, -0.05) is 30.3 Å². The number of nitrogens with zero attached hydrogens (tertiary/aromatic N) is 3. The van der Waals surface area contributed by atoms with E-state index in [1.165, 1.54) is 5.56 Å². The van der Waals surface area contributed by atoms with E-state index >= 15 is 0 Å². The Morgan fingerprint density at radius 3 is 2.23 bits per heavy atom. The van der Waals surface area contributed by atoms with Gasteiger partial charge in [-0.25, -0.2) is 0 Å². The van der Waals surface area contributed by atoms with Crippen LogP contribution in [0.1, 0.15) is 45.2 Å². The fraction of sp³-hybridized carbons (Fsp3) is 0.500. The quantitative estimate of drug-likeness (QED) is 0.209. The first-order valence-corrected chi connectivity index (χ1v) is 10.8. The van der Waals surface area contributed by atoms with Crippen molar-refractivity contribution in [2.75, 3.05) is 20.1 Å². The van der Waals surface area contributed by atoms with Crippen molar-refractivity contribution in [2.45, 2.75) is 59.3 Å². The Kier molecular flexibility index (Phi) is 12.5. The summed E-state index contributed by atoms with van der Waals surface area (Å²) in [5.41, 5.74) is 2.30. The van der Waals surface area contributed by atoms with Crippen molar-refractivity contribution in [2.24, 2.45) is 4.99 Å². The lowest BCUT2D eigenvalue weighted by Crippen LogP contribution is -2.41. The predicted molar refractivity (Wildman–Crippen MR) is 141 cm³/mol. The van der Waals surface area contributed by atoms with Crippen molar-refractivity contribution >= 4 is 29.9 Å². The van der Waals surface area contributed by atoms with Crippen LogP contribution < -0.4 is 16.2 Å². The number of benzene rings is 1. The maximum atomic E-state index is 11.8. The maximum Gasteiger partial charge on any atom is 0.250 e. The number of hydrogen-bond donors (Lipinski definition) is 2. The molecule has 1 aromatic heterocycles. The summed E-state index contributed by atoms with van der Waals surface area (Å²) >= 11 is 0. The van der Waals surface area contributed by atoms with Gasteiger partial charge in [0.05, 0.1) is 6.54 Å². The summed E-state index contributed by atoms with van der Waals surface area (Å²) in [6, 6.07) is 14.7. The highest BCUT2D eigenvalue weighted by Gasteiger charge is 2.12. The van der Waals surface area contributed by atoms with Crippen molar-refractivity contribution in [3.05, 3.63) is 70.1 Å². The summed E-state index contributed by atoms with van der Waals surface area (Å²) in [7, 11) is 1.80. The van der Waals surface area contributed by atoms with E-state index in [4.69, 9.17) is 0 Å². The van der Waals surface area contributed by atoms with E-state index in [1.807, 2.05) is 12.3 Å². The minimum Gasteiger partial charge on any atom is -0.356 e. The van der Waals surface area contributed by atoms with Gasteiger partial charge in [0, 0.05) is 51.0 Å². The molecule has 0 radical (unpaired) electrons. The van der Waals surface area contributed by atoms with Crippen LogP contribution in [-0.2, 0) is 13.1 Å². The molecule has 2 N–H and O–H groups in total. The lowest BCUT2D eigenvalue weighted by molar-refractivity contribution is 0.173. The van der Waals surface area contributed by atoms with Crippen LogP contribution in [0.3, 0.4) is 0 Å². The number of guanidine groups is 1. The second-order valence-corrected chi connectivity index (χ2v) is 8.11. The van der Waals surface area contributed by atoms with Gasteiger partial charge in [0.1, 0.15) is 0 Å². The van der Waals surface area contributed by atoms with Gasteiger partial charge in [-0.15, -0.1) is 24.0 Å². The first-order valence-electron chi connectivity index (χ1n) is 10.8. The summed E-state index contributed by atoms with van der Waals surface area (Å²) in [4.78, 5) is 18.7. The number of halogens is 1. The van der Waals surface area contributed by atoms with Gasteiger partial charge in [0.15, 0.2) is 5.96 Å². The SMILES string of the molecule is CN=C(NCCCN(C(C)C)C(C)C)NCc1ccc(Cn2ccccc2=O)cc1.I. The molecule has 31 heavy (non-hydrogen) atoms. The largest absolute Gasteiger partial charge is 0.356 e. The van der Waals surface area contributed by atoms with Crippen molar-refractivity contribution in [1.29, 1.82) is 0 Å². The Bertz CT molecular complexity index is 838. The zero-order chi connectivity index (χ0) is 21.9. The Morgan fingerprint density at radius 2 is 1.65 bits per heavy atom. The molecule has 0 unspecified atom stereocenters. The van der Waals surface area contributed by atoms with Crippen LogP contribution in [-0.4, -0.2) is 47.6 Å². The fourth-order valence-corrected chi connectivity index (χ4v) is 3.54. The molecule has 0 aliphatic heterocycles. The van der Waals surface area contributed by atoms with Crippen molar-refractivity contribution < 1.29 is 0 Å². The highest BCUT2D eigenvalue weighted by Crippen LogP contribution is 2.06. The third-order valence-corrected chi connectivity index (χ3v) is 5.17. The summed E-state index contributed by atoms with van der Waals surface area (Å²) < 4.78 is 1.71. The Labute approximate surface area is 204 Å². The molecule has 172 valence electrons. The Balaban J connectivity index is 0.00000480. The minimum atomic E-state index is 0. The molecule has 0 fully saturated rings. The molecule has 0 aliphatic carbocycles. The molecular formula is C24H38IN5O. The molecule has 6 nitrogen and oxygen atoms in total. The van der Waals surface area contributed by atoms with Gasteiger partial charge >= 0.3 is 0 Å². The molecule has 2 rings (SSSR count). The van der Waals surface area contributed by atoms with Gasteiger partial charge in [-0.05, 0) is 51.3 Å². The maximum absolute atomic E-state index is 11.8. The number of nitrogens with one attached hydrogen (secondary N) is 2. The number of aromatic nitrogens is 1. The molecule has 0 saturated carbocycles. The van der Waals surface area contributed by atoms with Gasteiger partial charge in [-0.3, -0.25) is 14.7 Å². The third-order valence-electron chi connectivity index (χ3n) is 5.17. The van der Waals surface area contributed by atoms with Gasteiger partial charge in [0.25, 0.3) is 5.56 Å². The smallest absolute Gasteiger partial charge is 0.250 e. The lowest BCUT2D eigenvalue weighted by Gasteiger charge is -2.30. The molecule has 2 aromatic rings. The minimum absolute atomic E-state index is 0. The van der Waals surface area contributed by atoms with E-state index in [0.717, 1.165) is 31.0 Å².